The van der Waals surface area contributed by atoms with Crippen LogP contribution < -0.4 is 26.4 Å². The monoisotopic (exact) mass is 516 g/mol. The van der Waals surface area contributed by atoms with Crippen molar-refractivity contribution in [2.75, 3.05) is 35.3 Å². The van der Waals surface area contributed by atoms with Crippen molar-refractivity contribution < 1.29 is 14.0 Å². The number of hydrogen-bond donors (Lipinski definition) is 2. The van der Waals surface area contributed by atoms with Crippen molar-refractivity contribution in [1.29, 1.82) is 0 Å². The zero-order chi connectivity index (χ0) is 27.0. The van der Waals surface area contributed by atoms with Crippen molar-refractivity contribution in [2.24, 2.45) is 7.05 Å². The molecule has 38 heavy (non-hydrogen) atoms. The molecule has 196 valence electrons. The van der Waals surface area contributed by atoms with Crippen molar-refractivity contribution >= 4 is 40.6 Å². The Bertz CT molecular complexity index is 1640. The number of ketones is 1. The number of hydrogen-bond acceptors (Lipinski definition) is 8. The van der Waals surface area contributed by atoms with Gasteiger partial charge in [-0.15, -0.1) is 0 Å². The van der Waals surface area contributed by atoms with Crippen LogP contribution in [0.5, 0.6) is 0 Å². The van der Waals surface area contributed by atoms with E-state index in [1.165, 1.54) is 16.7 Å². The Labute approximate surface area is 217 Å². The number of anilines is 3. The van der Waals surface area contributed by atoms with Crippen LogP contribution in [0.2, 0.25) is 0 Å². The van der Waals surface area contributed by atoms with Crippen molar-refractivity contribution in [2.45, 2.75) is 25.8 Å². The lowest BCUT2D eigenvalue weighted by Crippen LogP contribution is -2.45. The van der Waals surface area contributed by atoms with Crippen LogP contribution in [0.1, 0.15) is 34.3 Å². The molecule has 0 atom stereocenters. The van der Waals surface area contributed by atoms with E-state index in [2.05, 4.69) is 15.3 Å². The van der Waals surface area contributed by atoms with Gasteiger partial charge in [0.25, 0.3) is 0 Å². The molecule has 0 spiro atoms. The molecule has 1 aliphatic rings. The molecular formula is C27H28N6O5. The molecule has 2 N–H and O–H groups in total. The number of fused-ring (bicyclic) bond motifs is 1. The van der Waals surface area contributed by atoms with Crippen LogP contribution in [0.25, 0.3) is 11.1 Å². The highest BCUT2D eigenvalue weighted by Gasteiger charge is 2.27. The average molecular weight is 517 g/mol. The lowest BCUT2D eigenvalue weighted by atomic mass is 10.0. The molecule has 0 aliphatic carbocycles. The number of aromatic amines is 1. The van der Waals surface area contributed by atoms with Crippen LogP contribution in [-0.2, 0) is 11.8 Å². The molecule has 1 amide bonds. The summed E-state index contributed by atoms with van der Waals surface area (Å²) >= 11 is 0. The van der Waals surface area contributed by atoms with Gasteiger partial charge in [0.1, 0.15) is 11.6 Å². The highest BCUT2D eigenvalue weighted by molar-refractivity contribution is 6.10. The fourth-order valence-corrected chi connectivity index (χ4v) is 5.16. The minimum absolute atomic E-state index is 0.0354. The smallest absolute Gasteiger partial charge is 0.408 e. The molecular weight excluding hydrogens is 488 g/mol. The molecule has 0 saturated carbocycles. The minimum Gasteiger partial charge on any atom is -0.408 e. The number of H-pyrrole nitrogens is 1. The second kappa shape index (κ2) is 10.0. The summed E-state index contributed by atoms with van der Waals surface area (Å²) in [4.78, 5) is 60.6. The third-order valence-corrected chi connectivity index (χ3v) is 7.04. The normalized spacial score (nSPS) is 14.0. The third kappa shape index (κ3) is 4.47. The van der Waals surface area contributed by atoms with Crippen LogP contribution in [0.15, 0.2) is 56.6 Å². The molecule has 11 heteroatoms. The van der Waals surface area contributed by atoms with Crippen molar-refractivity contribution in [3.63, 3.8) is 0 Å². The quantitative estimate of drug-likeness (QED) is 0.283. The second-order valence-electron chi connectivity index (χ2n) is 9.37. The number of amides is 1. The van der Waals surface area contributed by atoms with E-state index >= 15 is 0 Å². The Balaban J connectivity index is 1.37. The number of nitrogens with zero attached hydrogens (tertiary/aromatic N) is 4. The number of oxazole rings is 1. The van der Waals surface area contributed by atoms with Crippen LogP contribution >= 0.6 is 0 Å². The molecule has 1 saturated heterocycles. The van der Waals surface area contributed by atoms with Gasteiger partial charge in [0.2, 0.25) is 12.0 Å². The molecule has 1 fully saturated rings. The Morgan fingerprint density at radius 1 is 1.18 bits per heavy atom. The van der Waals surface area contributed by atoms with E-state index in [1.807, 2.05) is 11.0 Å². The average Bonchev–Trinajstić information content (AvgIpc) is 3.22. The van der Waals surface area contributed by atoms with Gasteiger partial charge in [-0.1, -0.05) is 0 Å². The summed E-state index contributed by atoms with van der Waals surface area (Å²) in [6, 6.07) is 9.78. The van der Waals surface area contributed by atoms with Crippen LogP contribution in [-0.4, -0.2) is 52.9 Å². The SMILES string of the molecule is CNc1ncccc1N(C=O)C1CCN(c2cc(C(=O)c3cc(C)c4c(c3)oc(=O)n4C)cc(=O)[nH]2)CC1. The summed E-state index contributed by atoms with van der Waals surface area (Å²) in [7, 11) is 3.37. The molecule has 4 aromatic rings. The number of aryl methyl sites for hydroxylation is 2. The molecule has 4 heterocycles. The van der Waals surface area contributed by atoms with Gasteiger partial charge in [0.05, 0.1) is 11.2 Å². The number of nitrogens with one attached hydrogen (secondary N) is 2. The lowest BCUT2D eigenvalue weighted by molar-refractivity contribution is -0.108. The number of aromatic nitrogens is 3. The summed E-state index contributed by atoms with van der Waals surface area (Å²) < 4.78 is 6.67. The van der Waals surface area contributed by atoms with Crippen molar-refractivity contribution in [3.05, 3.63) is 80.2 Å². The predicted octanol–water partition coefficient (Wildman–Crippen LogP) is 2.43. The maximum Gasteiger partial charge on any atom is 0.419 e. The first-order chi connectivity index (χ1) is 18.3. The molecule has 0 radical (unpaired) electrons. The largest absolute Gasteiger partial charge is 0.419 e. The van der Waals surface area contributed by atoms with Gasteiger partial charge in [-0.2, -0.15) is 0 Å². The van der Waals surface area contributed by atoms with Crippen molar-refractivity contribution in [1.82, 2.24) is 14.5 Å². The molecule has 5 rings (SSSR count). The number of carbonyl (C=O) groups is 2. The summed E-state index contributed by atoms with van der Waals surface area (Å²) in [5, 5.41) is 3.02. The minimum atomic E-state index is -0.506. The number of piperidine rings is 1. The van der Waals surface area contributed by atoms with E-state index in [4.69, 9.17) is 4.42 Å². The lowest BCUT2D eigenvalue weighted by Gasteiger charge is -2.37. The number of benzene rings is 1. The fraction of sp³-hybridized carbons (Fsp3) is 0.296. The first-order valence-electron chi connectivity index (χ1n) is 12.3. The Kier molecular flexibility index (Phi) is 6.58. The zero-order valence-electron chi connectivity index (χ0n) is 21.4. The van der Waals surface area contributed by atoms with Crippen LogP contribution in [0, 0.1) is 6.92 Å². The molecule has 11 nitrogen and oxygen atoms in total. The summed E-state index contributed by atoms with van der Waals surface area (Å²) in [6.07, 6.45) is 3.83. The highest BCUT2D eigenvalue weighted by Crippen LogP contribution is 2.29. The first-order valence-corrected chi connectivity index (χ1v) is 12.3. The van der Waals surface area contributed by atoms with Crippen LogP contribution in [0.3, 0.4) is 0 Å². The topological polar surface area (TPSA) is 134 Å². The van der Waals surface area contributed by atoms with Gasteiger partial charge < -0.3 is 24.5 Å². The van der Waals surface area contributed by atoms with Gasteiger partial charge in [0, 0.05) is 56.6 Å². The van der Waals surface area contributed by atoms with Crippen LogP contribution in [0.4, 0.5) is 17.3 Å². The van der Waals surface area contributed by atoms with Gasteiger partial charge in [-0.3, -0.25) is 19.0 Å². The van der Waals surface area contributed by atoms with Crippen molar-refractivity contribution in [3.8, 4) is 0 Å². The predicted molar refractivity (Wildman–Crippen MR) is 144 cm³/mol. The Morgan fingerprint density at radius 3 is 2.63 bits per heavy atom. The van der Waals surface area contributed by atoms with Gasteiger partial charge >= 0.3 is 5.76 Å². The summed E-state index contributed by atoms with van der Waals surface area (Å²) in [5.74, 6) is 0.319. The first kappa shape index (κ1) is 25.0. The van der Waals surface area contributed by atoms with E-state index in [0.29, 0.717) is 59.9 Å². The van der Waals surface area contributed by atoms with Gasteiger partial charge in [0.15, 0.2) is 11.4 Å². The maximum absolute atomic E-state index is 13.4. The standard InChI is InChI=1S/C27H28N6O5/c1-16-11-17(12-21-24(16)31(3)27(37)38-21)25(36)18-13-22(30-23(35)14-18)32-9-6-19(7-10-32)33(15-34)20-5-4-8-29-26(20)28-2/h4-5,8,11-15,19H,6-7,9-10H2,1-3H3,(H,28,29)(H,30,35). The summed E-state index contributed by atoms with van der Waals surface area (Å²) in [5.41, 5.74) is 2.57. The maximum atomic E-state index is 13.4. The van der Waals surface area contributed by atoms with Gasteiger partial charge in [-0.25, -0.2) is 9.78 Å². The third-order valence-electron chi connectivity index (χ3n) is 7.04. The fourth-order valence-electron chi connectivity index (χ4n) is 5.16. The summed E-state index contributed by atoms with van der Waals surface area (Å²) in [6.45, 7) is 2.96. The van der Waals surface area contributed by atoms with E-state index in [9.17, 15) is 19.2 Å². The molecule has 1 aliphatic heterocycles. The molecule has 1 aromatic carbocycles. The molecule has 0 bridgehead atoms. The molecule has 0 unspecified atom stereocenters. The molecule has 3 aromatic heterocycles. The number of rotatable bonds is 7. The zero-order valence-corrected chi connectivity index (χ0v) is 21.4. The van der Waals surface area contributed by atoms with E-state index in [1.54, 1.807) is 50.3 Å². The second-order valence-corrected chi connectivity index (χ2v) is 9.37. The Morgan fingerprint density at radius 2 is 1.92 bits per heavy atom. The van der Waals surface area contributed by atoms with E-state index in [0.717, 1.165) is 12.0 Å². The van der Waals surface area contributed by atoms with Gasteiger partial charge in [-0.05, 0) is 55.7 Å². The highest BCUT2D eigenvalue weighted by atomic mass is 16.4. The number of carbonyl (C=O) groups excluding carboxylic acids is 2. The Hall–Kier alpha value is -4.67. The van der Waals surface area contributed by atoms with E-state index in [-0.39, 0.29) is 22.9 Å². The van der Waals surface area contributed by atoms with E-state index < -0.39 is 5.76 Å². The number of pyridine rings is 2.